The smallest absolute Gasteiger partial charge is 0.297 e. The SMILES string of the molecule is Cc1ccc2c(oc3cc4c(cc32)Oc2cccc3c2B4c2ccccc2N3c2ccccc2)c1-c1n(-c2ccccc2)cc[n+]1C. The molecule has 222 valence electrons. The Morgan fingerprint density at radius 2 is 1.40 bits per heavy atom. The van der Waals surface area contributed by atoms with Crippen molar-refractivity contribution < 1.29 is 13.7 Å². The first kappa shape index (κ1) is 26.2. The number of aryl methyl sites for hydroxylation is 2. The van der Waals surface area contributed by atoms with Crippen molar-refractivity contribution >= 4 is 62.1 Å². The van der Waals surface area contributed by atoms with E-state index in [1.54, 1.807) is 0 Å². The number of benzene rings is 6. The van der Waals surface area contributed by atoms with Crippen LogP contribution in [0, 0.1) is 6.92 Å². The highest BCUT2D eigenvalue weighted by Crippen LogP contribution is 2.43. The van der Waals surface area contributed by atoms with Crippen LogP contribution in [0.3, 0.4) is 0 Å². The number of nitrogens with zero attached hydrogens (tertiary/aromatic N) is 3. The molecule has 6 heteroatoms. The first-order valence-electron chi connectivity index (χ1n) is 16.0. The molecule has 4 heterocycles. The summed E-state index contributed by atoms with van der Waals surface area (Å²) in [5, 5.41) is 2.13. The standard InChI is InChI=1S/C41H29BN3O2/c1-26-20-21-29-30-24-37-32(25-36(30)47-40(29)38(26)41-43(2)22-23-44(41)27-12-5-3-6-13-27)42-31-16-9-10-17-33(31)45(28-14-7-4-8-15-28)34-18-11-19-35(46-37)39(34)42/h3-25H,1-2H3/q+1. The second-order valence-corrected chi connectivity index (χ2v) is 12.5. The third-order valence-electron chi connectivity index (χ3n) is 9.85. The van der Waals surface area contributed by atoms with Crippen molar-refractivity contribution in [1.29, 1.82) is 0 Å². The Labute approximate surface area is 272 Å². The minimum Gasteiger partial charge on any atom is -0.458 e. The van der Waals surface area contributed by atoms with Gasteiger partial charge in [0.05, 0.1) is 7.05 Å². The maximum atomic E-state index is 6.92. The molecule has 0 N–H and O–H groups in total. The van der Waals surface area contributed by atoms with E-state index in [0.717, 1.165) is 72.9 Å². The van der Waals surface area contributed by atoms with Crippen LogP contribution in [0.1, 0.15) is 5.56 Å². The fourth-order valence-corrected chi connectivity index (χ4v) is 7.77. The molecule has 0 saturated heterocycles. The molecule has 0 aliphatic carbocycles. The Morgan fingerprint density at radius 1 is 0.660 bits per heavy atom. The van der Waals surface area contributed by atoms with Gasteiger partial charge < -0.3 is 14.1 Å². The van der Waals surface area contributed by atoms with E-state index in [9.17, 15) is 0 Å². The molecular weight excluding hydrogens is 577 g/mol. The van der Waals surface area contributed by atoms with Crippen LogP contribution in [0.5, 0.6) is 11.5 Å². The number of fused-ring (bicyclic) bond motifs is 7. The highest BCUT2D eigenvalue weighted by molar-refractivity contribution is 6.99. The highest BCUT2D eigenvalue weighted by atomic mass is 16.5. The maximum Gasteiger partial charge on any atom is 0.297 e. The summed E-state index contributed by atoms with van der Waals surface area (Å²) in [6.07, 6.45) is 4.22. The van der Waals surface area contributed by atoms with E-state index in [-0.39, 0.29) is 6.71 Å². The van der Waals surface area contributed by atoms with Crippen LogP contribution in [-0.2, 0) is 7.05 Å². The summed E-state index contributed by atoms with van der Waals surface area (Å²) >= 11 is 0. The monoisotopic (exact) mass is 606 g/mol. The molecule has 10 rings (SSSR count). The molecule has 0 fully saturated rings. The first-order valence-corrected chi connectivity index (χ1v) is 16.0. The fraction of sp³-hybridized carbons (Fsp3) is 0.0488. The zero-order chi connectivity index (χ0) is 31.2. The van der Waals surface area contributed by atoms with Gasteiger partial charge in [-0.3, -0.25) is 0 Å². The molecule has 8 aromatic rings. The van der Waals surface area contributed by atoms with E-state index in [0.29, 0.717) is 0 Å². The number of para-hydroxylation sites is 3. The van der Waals surface area contributed by atoms with Crippen molar-refractivity contribution in [3.8, 4) is 28.6 Å². The molecule has 6 aromatic carbocycles. The number of hydrogen-bond donors (Lipinski definition) is 0. The van der Waals surface area contributed by atoms with Crippen molar-refractivity contribution in [2.24, 2.45) is 7.05 Å². The van der Waals surface area contributed by atoms with Gasteiger partial charge in [-0.2, -0.15) is 4.57 Å². The number of furan rings is 1. The molecule has 0 spiro atoms. The molecule has 0 saturated carbocycles. The number of rotatable bonds is 3. The number of ether oxygens (including phenoxy) is 1. The van der Waals surface area contributed by atoms with E-state index in [2.05, 4.69) is 162 Å². The average molecular weight is 607 g/mol. The van der Waals surface area contributed by atoms with Gasteiger partial charge in [0.2, 0.25) is 0 Å². The zero-order valence-corrected chi connectivity index (χ0v) is 26.0. The summed E-state index contributed by atoms with van der Waals surface area (Å²) < 4.78 is 18.1. The lowest BCUT2D eigenvalue weighted by Crippen LogP contribution is -2.59. The molecule has 0 unspecified atom stereocenters. The second-order valence-electron chi connectivity index (χ2n) is 12.5. The maximum absolute atomic E-state index is 6.92. The van der Waals surface area contributed by atoms with Crippen LogP contribution in [0.15, 0.2) is 144 Å². The lowest BCUT2D eigenvalue weighted by atomic mass is 9.34. The molecule has 47 heavy (non-hydrogen) atoms. The number of hydrogen-bond acceptors (Lipinski definition) is 3. The molecular formula is C41H29BN3O2+. The fourth-order valence-electron chi connectivity index (χ4n) is 7.77. The van der Waals surface area contributed by atoms with E-state index < -0.39 is 0 Å². The quantitative estimate of drug-likeness (QED) is 0.154. The Balaban J connectivity index is 1.21. The Hall–Kier alpha value is -6.01. The van der Waals surface area contributed by atoms with Crippen LogP contribution in [0.2, 0.25) is 0 Å². The van der Waals surface area contributed by atoms with Crippen molar-refractivity contribution in [2.75, 3.05) is 4.90 Å². The molecule has 0 bridgehead atoms. The lowest BCUT2D eigenvalue weighted by molar-refractivity contribution is -0.659. The summed E-state index contributed by atoms with van der Waals surface area (Å²) in [4.78, 5) is 2.36. The van der Waals surface area contributed by atoms with Gasteiger partial charge in [0.25, 0.3) is 12.5 Å². The minimum atomic E-state index is 0.00745. The van der Waals surface area contributed by atoms with E-state index in [1.165, 1.54) is 16.6 Å². The largest absolute Gasteiger partial charge is 0.458 e. The molecule has 2 aliphatic heterocycles. The van der Waals surface area contributed by atoms with Gasteiger partial charge in [0.1, 0.15) is 40.7 Å². The third-order valence-corrected chi connectivity index (χ3v) is 9.85. The molecule has 5 nitrogen and oxygen atoms in total. The normalized spacial score (nSPS) is 13.0. The summed E-state index contributed by atoms with van der Waals surface area (Å²) in [5.41, 5.74) is 12.1. The lowest BCUT2D eigenvalue weighted by Gasteiger charge is -2.39. The van der Waals surface area contributed by atoms with Gasteiger partial charge in [-0.15, -0.1) is 0 Å². The predicted molar refractivity (Wildman–Crippen MR) is 190 cm³/mol. The van der Waals surface area contributed by atoms with Gasteiger partial charge in [0.15, 0.2) is 5.58 Å². The van der Waals surface area contributed by atoms with Gasteiger partial charge in [-0.05, 0) is 83.5 Å². The van der Waals surface area contributed by atoms with Gasteiger partial charge in [-0.25, -0.2) is 4.57 Å². The van der Waals surface area contributed by atoms with Crippen molar-refractivity contribution in [3.05, 3.63) is 145 Å². The van der Waals surface area contributed by atoms with E-state index in [4.69, 9.17) is 9.15 Å². The van der Waals surface area contributed by atoms with Gasteiger partial charge in [0, 0.05) is 27.8 Å². The van der Waals surface area contributed by atoms with Crippen LogP contribution < -0.4 is 30.6 Å². The average Bonchev–Trinajstić information content (AvgIpc) is 3.67. The number of anilines is 3. The molecule has 0 atom stereocenters. The Bertz CT molecular complexity index is 2530. The van der Waals surface area contributed by atoms with Crippen LogP contribution in [-0.4, -0.2) is 11.3 Å². The number of imidazole rings is 1. The zero-order valence-electron chi connectivity index (χ0n) is 26.0. The summed E-state index contributed by atoms with van der Waals surface area (Å²) in [7, 11) is 2.09. The number of aromatic nitrogens is 2. The van der Waals surface area contributed by atoms with E-state index in [1.807, 2.05) is 6.07 Å². The first-order chi connectivity index (χ1) is 23.2. The Morgan fingerprint density at radius 3 is 2.23 bits per heavy atom. The van der Waals surface area contributed by atoms with E-state index >= 15 is 0 Å². The third kappa shape index (κ3) is 3.70. The van der Waals surface area contributed by atoms with Crippen LogP contribution >= 0.6 is 0 Å². The molecule has 0 radical (unpaired) electrons. The molecule has 2 aromatic heterocycles. The van der Waals surface area contributed by atoms with Crippen molar-refractivity contribution in [1.82, 2.24) is 4.57 Å². The highest BCUT2D eigenvalue weighted by Gasteiger charge is 2.42. The van der Waals surface area contributed by atoms with Gasteiger partial charge in [-0.1, -0.05) is 72.8 Å². The van der Waals surface area contributed by atoms with Crippen LogP contribution in [0.25, 0.3) is 39.0 Å². The summed E-state index contributed by atoms with van der Waals surface area (Å²) in [6, 6.07) is 45.0. The van der Waals surface area contributed by atoms with Gasteiger partial charge >= 0.3 is 0 Å². The molecule has 2 aliphatic rings. The molecule has 0 amide bonds. The topological polar surface area (TPSA) is 34.4 Å². The predicted octanol–water partition coefficient (Wildman–Crippen LogP) is 7.58. The second kappa shape index (κ2) is 9.75. The minimum absolute atomic E-state index is 0.00745. The van der Waals surface area contributed by atoms with Crippen LogP contribution in [0.4, 0.5) is 17.1 Å². The Kier molecular flexibility index (Phi) is 5.44. The summed E-state index contributed by atoms with van der Waals surface area (Å²) in [6.45, 7) is 2.17. The summed E-state index contributed by atoms with van der Waals surface area (Å²) in [5.74, 6) is 2.84. The van der Waals surface area contributed by atoms with Crippen molar-refractivity contribution in [2.45, 2.75) is 6.92 Å². The van der Waals surface area contributed by atoms with Crippen molar-refractivity contribution in [3.63, 3.8) is 0 Å².